The third-order valence-corrected chi connectivity index (χ3v) is 3.41. The molecule has 1 aromatic heterocycles. The first-order valence-electron chi connectivity index (χ1n) is 6.67. The molecule has 21 heavy (non-hydrogen) atoms. The molecule has 0 fully saturated rings. The van der Waals surface area contributed by atoms with Gasteiger partial charge in [-0.05, 0) is 42.3 Å². The van der Waals surface area contributed by atoms with Crippen molar-refractivity contribution in [2.75, 3.05) is 13.2 Å². The Morgan fingerprint density at radius 3 is 2.81 bits per heavy atom. The summed E-state index contributed by atoms with van der Waals surface area (Å²) in [7, 11) is 0. The SMILES string of the molecule is Cc1cc(Cl)ccc1C(=O)N(CCO)Cc1cccnc1. The van der Waals surface area contributed by atoms with E-state index in [1.807, 2.05) is 19.1 Å². The fourth-order valence-electron chi connectivity index (χ4n) is 2.12. The molecule has 0 saturated heterocycles. The lowest BCUT2D eigenvalue weighted by Gasteiger charge is -2.22. The third-order valence-electron chi connectivity index (χ3n) is 3.17. The Labute approximate surface area is 129 Å². The van der Waals surface area contributed by atoms with E-state index in [2.05, 4.69) is 4.98 Å². The molecular formula is C16H17ClN2O2. The zero-order chi connectivity index (χ0) is 15.2. The molecule has 5 heteroatoms. The van der Waals surface area contributed by atoms with Crippen LogP contribution in [0.3, 0.4) is 0 Å². The average molecular weight is 305 g/mol. The van der Waals surface area contributed by atoms with Crippen LogP contribution in [0.1, 0.15) is 21.5 Å². The lowest BCUT2D eigenvalue weighted by molar-refractivity contribution is 0.0707. The molecule has 2 rings (SSSR count). The lowest BCUT2D eigenvalue weighted by Crippen LogP contribution is -2.33. The smallest absolute Gasteiger partial charge is 0.254 e. The van der Waals surface area contributed by atoms with Gasteiger partial charge in [-0.15, -0.1) is 0 Å². The highest BCUT2D eigenvalue weighted by Gasteiger charge is 2.17. The van der Waals surface area contributed by atoms with Crippen LogP contribution in [0.15, 0.2) is 42.7 Å². The van der Waals surface area contributed by atoms with Gasteiger partial charge >= 0.3 is 0 Å². The number of carbonyl (C=O) groups is 1. The standard InChI is InChI=1S/C16H17ClN2O2/c1-12-9-14(17)4-5-15(12)16(21)19(7-8-20)11-13-3-2-6-18-10-13/h2-6,9-10,20H,7-8,11H2,1H3. The van der Waals surface area contributed by atoms with Gasteiger partial charge < -0.3 is 10.0 Å². The quantitative estimate of drug-likeness (QED) is 0.924. The van der Waals surface area contributed by atoms with Crippen molar-refractivity contribution in [1.82, 2.24) is 9.88 Å². The van der Waals surface area contributed by atoms with Gasteiger partial charge in [0, 0.05) is 36.1 Å². The number of aliphatic hydroxyl groups excluding tert-OH is 1. The number of carbonyl (C=O) groups excluding carboxylic acids is 1. The normalized spacial score (nSPS) is 10.4. The Balaban J connectivity index is 2.23. The molecule has 1 N–H and O–H groups in total. The zero-order valence-corrected chi connectivity index (χ0v) is 12.5. The monoisotopic (exact) mass is 304 g/mol. The van der Waals surface area contributed by atoms with Crippen molar-refractivity contribution in [3.8, 4) is 0 Å². The molecule has 2 aromatic rings. The molecule has 0 atom stereocenters. The van der Waals surface area contributed by atoms with Gasteiger partial charge in [0.15, 0.2) is 0 Å². The van der Waals surface area contributed by atoms with Gasteiger partial charge in [-0.25, -0.2) is 0 Å². The highest BCUT2D eigenvalue weighted by Crippen LogP contribution is 2.18. The minimum absolute atomic E-state index is 0.0847. The molecule has 0 aliphatic carbocycles. The molecule has 0 aliphatic rings. The van der Waals surface area contributed by atoms with E-state index in [1.165, 1.54) is 0 Å². The summed E-state index contributed by atoms with van der Waals surface area (Å²) in [6.45, 7) is 2.45. The first kappa shape index (κ1) is 15.5. The second-order valence-corrected chi connectivity index (χ2v) is 5.21. The summed E-state index contributed by atoms with van der Waals surface area (Å²) in [6.07, 6.45) is 3.40. The van der Waals surface area contributed by atoms with E-state index in [4.69, 9.17) is 11.6 Å². The Morgan fingerprint density at radius 1 is 1.38 bits per heavy atom. The van der Waals surface area contributed by atoms with Gasteiger partial charge in [0.1, 0.15) is 0 Å². The second kappa shape index (κ2) is 7.20. The molecule has 110 valence electrons. The first-order chi connectivity index (χ1) is 10.1. The van der Waals surface area contributed by atoms with Gasteiger partial charge in [-0.1, -0.05) is 17.7 Å². The maximum atomic E-state index is 12.6. The lowest BCUT2D eigenvalue weighted by atomic mass is 10.1. The zero-order valence-electron chi connectivity index (χ0n) is 11.8. The van der Waals surface area contributed by atoms with E-state index in [9.17, 15) is 9.90 Å². The maximum absolute atomic E-state index is 12.6. The van der Waals surface area contributed by atoms with Crippen molar-refractivity contribution in [3.63, 3.8) is 0 Å². The van der Waals surface area contributed by atoms with E-state index in [1.54, 1.807) is 35.5 Å². The van der Waals surface area contributed by atoms with Gasteiger partial charge in [0.05, 0.1) is 6.61 Å². The van der Waals surface area contributed by atoms with Crippen molar-refractivity contribution < 1.29 is 9.90 Å². The number of nitrogens with zero attached hydrogens (tertiary/aromatic N) is 2. The minimum Gasteiger partial charge on any atom is -0.395 e. The number of hydrogen-bond acceptors (Lipinski definition) is 3. The average Bonchev–Trinajstić information content (AvgIpc) is 2.47. The predicted molar refractivity (Wildman–Crippen MR) is 82.3 cm³/mol. The van der Waals surface area contributed by atoms with Crippen LogP contribution in [-0.4, -0.2) is 34.0 Å². The Morgan fingerprint density at radius 2 is 2.19 bits per heavy atom. The highest BCUT2D eigenvalue weighted by molar-refractivity contribution is 6.30. The summed E-state index contributed by atoms with van der Waals surface area (Å²) in [5, 5.41) is 9.80. The van der Waals surface area contributed by atoms with Crippen LogP contribution in [0.4, 0.5) is 0 Å². The maximum Gasteiger partial charge on any atom is 0.254 e. The van der Waals surface area contributed by atoms with Crippen LogP contribution in [0.2, 0.25) is 5.02 Å². The number of aliphatic hydroxyl groups is 1. The predicted octanol–water partition coefficient (Wildman–Crippen LogP) is 2.68. The van der Waals surface area contributed by atoms with Crippen LogP contribution < -0.4 is 0 Å². The molecule has 1 amide bonds. The van der Waals surface area contributed by atoms with E-state index < -0.39 is 0 Å². The fourth-order valence-corrected chi connectivity index (χ4v) is 2.35. The molecule has 0 radical (unpaired) electrons. The second-order valence-electron chi connectivity index (χ2n) is 4.77. The van der Waals surface area contributed by atoms with Gasteiger partial charge in [-0.3, -0.25) is 9.78 Å². The Bertz CT molecular complexity index is 617. The molecule has 0 saturated carbocycles. The molecule has 0 aliphatic heterocycles. The molecule has 1 heterocycles. The number of hydrogen-bond donors (Lipinski definition) is 1. The van der Waals surface area contributed by atoms with Gasteiger partial charge in [-0.2, -0.15) is 0 Å². The van der Waals surface area contributed by atoms with E-state index in [0.717, 1.165) is 11.1 Å². The van der Waals surface area contributed by atoms with Crippen LogP contribution >= 0.6 is 11.6 Å². The Kier molecular flexibility index (Phi) is 5.31. The third kappa shape index (κ3) is 4.03. The van der Waals surface area contributed by atoms with Crippen molar-refractivity contribution in [1.29, 1.82) is 0 Å². The van der Waals surface area contributed by atoms with Gasteiger partial charge in [0.2, 0.25) is 0 Å². The molecule has 0 spiro atoms. The largest absolute Gasteiger partial charge is 0.395 e. The van der Waals surface area contributed by atoms with Crippen molar-refractivity contribution in [2.24, 2.45) is 0 Å². The van der Waals surface area contributed by atoms with Crippen LogP contribution in [0.25, 0.3) is 0 Å². The highest BCUT2D eigenvalue weighted by atomic mass is 35.5. The molecule has 0 unspecified atom stereocenters. The number of benzene rings is 1. The summed E-state index contributed by atoms with van der Waals surface area (Å²) >= 11 is 5.92. The number of amides is 1. The summed E-state index contributed by atoms with van der Waals surface area (Å²) in [6, 6.07) is 8.90. The van der Waals surface area contributed by atoms with Crippen LogP contribution in [-0.2, 0) is 6.54 Å². The van der Waals surface area contributed by atoms with Crippen molar-refractivity contribution in [3.05, 3.63) is 64.4 Å². The van der Waals surface area contributed by atoms with Crippen molar-refractivity contribution >= 4 is 17.5 Å². The van der Waals surface area contributed by atoms with Crippen molar-refractivity contribution in [2.45, 2.75) is 13.5 Å². The number of halogens is 1. The van der Waals surface area contributed by atoms with Gasteiger partial charge in [0.25, 0.3) is 5.91 Å². The molecule has 0 bridgehead atoms. The summed E-state index contributed by atoms with van der Waals surface area (Å²) in [4.78, 5) is 18.3. The van der Waals surface area contributed by atoms with E-state index in [-0.39, 0.29) is 19.1 Å². The topological polar surface area (TPSA) is 53.4 Å². The molecule has 1 aromatic carbocycles. The minimum atomic E-state index is -0.123. The van der Waals surface area contributed by atoms with E-state index in [0.29, 0.717) is 17.1 Å². The van der Waals surface area contributed by atoms with E-state index >= 15 is 0 Å². The number of rotatable bonds is 5. The first-order valence-corrected chi connectivity index (χ1v) is 7.05. The summed E-state index contributed by atoms with van der Waals surface area (Å²) in [5.74, 6) is -0.123. The number of aryl methyl sites for hydroxylation is 1. The Hall–Kier alpha value is -1.91. The number of pyridine rings is 1. The molecular weight excluding hydrogens is 288 g/mol. The van der Waals surface area contributed by atoms with Crippen LogP contribution in [0.5, 0.6) is 0 Å². The van der Waals surface area contributed by atoms with Crippen LogP contribution in [0, 0.1) is 6.92 Å². The summed E-state index contributed by atoms with van der Waals surface area (Å²) < 4.78 is 0. The molecule has 4 nitrogen and oxygen atoms in total. The summed E-state index contributed by atoms with van der Waals surface area (Å²) in [5.41, 5.74) is 2.34. The fraction of sp³-hybridized carbons (Fsp3) is 0.250. The number of aromatic nitrogens is 1.